The molecule has 0 unspecified atom stereocenters. The molecule has 1 aromatic carbocycles. The van der Waals surface area contributed by atoms with Crippen molar-refractivity contribution in [3.63, 3.8) is 0 Å². The number of ether oxygens (including phenoxy) is 1. The summed E-state index contributed by atoms with van der Waals surface area (Å²) >= 11 is 0. The fraction of sp³-hybridized carbons (Fsp3) is 0.381. The van der Waals surface area contributed by atoms with Crippen LogP contribution >= 0.6 is 0 Å². The van der Waals surface area contributed by atoms with Gasteiger partial charge in [0.05, 0.1) is 17.7 Å². The SMILES string of the molecule is Oc1cc(-n2ccnc2)ccc1-c1ccc(O[C@@H]2C[C@H]3CCC[C@@H](C2)N3)nn1. The van der Waals surface area contributed by atoms with Crippen molar-refractivity contribution in [2.75, 3.05) is 0 Å². The quantitative estimate of drug-likeness (QED) is 0.727. The fourth-order valence-corrected chi connectivity index (χ4v) is 4.32. The van der Waals surface area contributed by atoms with Crippen LogP contribution in [0.3, 0.4) is 0 Å². The van der Waals surface area contributed by atoms with E-state index in [9.17, 15) is 5.11 Å². The van der Waals surface area contributed by atoms with Crippen LogP contribution in [0.1, 0.15) is 32.1 Å². The Morgan fingerprint density at radius 2 is 1.93 bits per heavy atom. The third kappa shape index (κ3) is 3.45. The molecule has 2 aliphatic rings. The number of nitrogens with zero attached hydrogens (tertiary/aromatic N) is 4. The standard InChI is InChI=1S/C21H23N5O2/c27-20-12-16(26-9-8-22-13-26)4-5-18(20)19-6-7-21(25-24-19)28-17-10-14-2-1-3-15(11-17)23-14/h4-9,12-15,17,23,27H,1-3,10-11H2/t14-,15+,17-. The predicted octanol–water partition coefficient (Wildman–Crippen LogP) is 3.09. The molecule has 2 aromatic heterocycles. The number of phenolic OH excluding ortho intramolecular Hbond substituents is 1. The van der Waals surface area contributed by atoms with Gasteiger partial charge in [0, 0.05) is 42.2 Å². The molecule has 0 saturated carbocycles. The Bertz CT molecular complexity index is 930. The minimum atomic E-state index is 0.153. The third-order valence-electron chi connectivity index (χ3n) is 5.66. The summed E-state index contributed by atoms with van der Waals surface area (Å²) in [6.07, 6.45) is 11.2. The van der Waals surface area contributed by atoms with E-state index in [2.05, 4.69) is 20.5 Å². The second-order valence-electron chi connectivity index (χ2n) is 7.63. The molecule has 28 heavy (non-hydrogen) atoms. The monoisotopic (exact) mass is 377 g/mol. The van der Waals surface area contributed by atoms with Crippen LogP contribution in [-0.4, -0.2) is 43.0 Å². The number of aromatic nitrogens is 4. The van der Waals surface area contributed by atoms with Crippen molar-refractivity contribution < 1.29 is 9.84 Å². The van der Waals surface area contributed by atoms with Gasteiger partial charge in [0.2, 0.25) is 5.88 Å². The Hall–Kier alpha value is -2.93. The van der Waals surface area contributed by atoms with Crippen LogP contribution in [0, 0.1) is 0 Å². The van der Waals surface area contributed by atoms with Gasteiger partial charge in [-0.2, -0.15) is 0 Å². The molecular weight excluding hydrogens is 354 g/mol. The van der Waals surface area contributed by atoms with E-state index in [-0.39, 0.29) is 11.9 Å². The molecule has 3 aromatic rings. The number of aromatic hydroxyl groups is 1. The summed E-state index contributed by atoms with van der Waals surface area (Å²) < 4.78 is 7.93. The average molecular weight is 377 g/mol. The van der Waals surface area contributed by atoms with Crippen LogP contribution < -0.4 is 10.1 Å². The van der Waals surface area contributed by atoms with Gasteiger partial charge in [-0.3, -0.25) is 0 Å². The molecular formula is C21H23N5O2. The molecule has 2 bridgehead atoms. The normalized spacial score (nSPS) is 24.1. The lowest BCUT2D eigenvalue weighted by Crippen LogP contribution is -2.51. The maximum absolute atomic E-state index is 10.4. The molecule has 0 radical (unpaired) electrons. The van der Waals surface area contributed by atoms with E-state index in [1.165, 1.54) is 19.3 Å². The number of hydrogen-bond donors (Lipinski definition) is 2. The first-order valence-corrected chi connectivity index (χ1v) is 9.83. The van der Waals surface area contributed by atoms with Crippen molar-refractivity contribution in [3.8, 4) is 28.6 Å². The van der Waals surface area contributed by atoms with E-state index in [0.717, 1.165) is 18.5 Å². The highest BCUT2D eigenvalue weighted by Crippen LogP contribution is 2.31. The lowest BCUT2D eigenvalue weighted by atomic mass is 9.85. The van der Waals surface area contributed by atoms with Crippen LogP contribution in [0.2, 0.25) is 0 Å². The van der Waals surface area contributed by atoms with Crippen molar-refractivity contribution in [3.05, 3.63) is 49.1 Å². The number of benzene rings is 1. The number of rotatable bonds is 4. The smallest absolute Gasteiger partial charge is 0.233 e. The summed E-state index contributed by atoms with van der Waals surface area (Å²) in [7, 11) is 0. The van der Waals surface area contributed by atoms with Gasteiger partial charge in [0.1, 0.15) is 11.9 Å². The number of fused-ring (bicyclic) bond motifs is 2. The van der Waals surface area contributed by atoms with Crippen LogP contribution in [0.4, 0.5) is 0 Å². The highest BCUT2D eigenvalue weighted by Gasteiger charge is 2.32. The van der Waals surface area contributed by atoms with Crippen molar-refractivity contribution >= 4 is 0 Å². The zero-order chi connectivity index (χ0) is 18.9. The molecule has 0 amide bonds. The van der Waals surface area contributed by atoms with E-state index in [1.807, 2.05) is 35.0 Å². The molecule has 3 atom stereocenters. The second kappa shape index (κ2) is 7.24. The van der Waals surface area contributed by atoms with E-state index < -0.39 is 0 Å². The van der Waals surface area contributed by atoms with Crippen molar-refractivity contribution in [1.82, 2.24) is 25.1 Å². The largest absolute Gasteiger partial charge is 0.507 e. The first-order valence-electron chi connectivity index (χ1n) is 9.83. The molecule has 2 fully saturated rings. The van der Waals surface area contributed by atoms with Gasteiger partial charge in [0.25, 0.3) is 0 Å². The number of phenols is 1. The topological polar surface area (TPSA) is 85.1 Å². The first kappa shape index (κ1) is 17.2. The molecule has 2 aliphatic heterocycles. The van der Waals surface area contributed by atoms with Gasteiger partial charge in [0.15, 0.2) is 0 Å². The lowest BCUT2D eigenvalue weighted by molar-refractivity contribution is 0.0881. The van der Waals surface area contributed by atoms with Gasteiger partial charge >= 0.3 is 0 Å². The van der Waals surface area contributed by atoms with Gasteiger partial charge in [-0.25, -0.2) is 4.98 Å². The van der Waals surface area contributed by atoms with Crippen LogP contribution in [0.5, 0.6) is 11.6 Å². The molecule has 4 heterocycles. The average Bonchev–Trinajstić information content (AvgIpc) is 3.23. The zero-order valence-corrected chi connectivity index (χ0v) is 15.5. The Morgan fingerprint density at radius 3 is 2.61 bits per heavy atom. The molecule has 2 N–H and O–H groups in total. The van der Waals surface area contributed by atoms with Crippen molar-refractivity contribution in [2.45, 2.75) is 50.3 Å². The number of imidazole rings is 1. The summed E-state index contributed by atoms with van der Waals surface area (Å²) in [4.78, 5) is 4.03. The highest BCUT2D eigenvalue weighted by atomic mass is 16.5. The van der Waals surface area contributed by atoms with Gasteiger partial charge in [-0.1, -0.05) is 6.42 Å². The minimum Gasteiger partial charge on any atom is -0.507 e. The Morgan fingerprint density at radius 1 is 1.07 bits per heavy atom. The highest BCUT2D eigenvalue weighted by molar-refractivity contribution is 5.68. The summed E-state index contributed by atoms with van der Waals surface area (Å²) in [5.74, 6) is 0.698. The zero-order valence-electron chi connectivity index (χ0n) is 15.5. The molecule has 2 saturated heterocycles. The van der Waals surface area contributed by atoms with Crippen LogP contribution in [0.25, 0.3) is 16.9 Å². The number of hydrogen-bond acceptors (Lipinski definition) is 6. The van der Waals surface area contributed by atoms with E-state index in [0.29, 0.717) is 29.2 Å². The van der Waals surface area contributed by atoms with E-state index >= 15 is 0 Å². The Balaban J connectivity index is 1.30. The maximum Gasteiger partial charge on any atom is 0.233 e. The predicted molar refractivity (Wildman–Crippen MR) is 104 cm³/mol. The molecule has 7 nitrogen and oxygen atoms in total. The fourth-order valence-electron chi connectivity index (χ4n) is 4.32. The first-order chi connectivity index (χ1) is 13.7. The number of nitrogens with one attached hydrogen (secondary N) is 1. The maximum atomic E-state index is 10.4. The molecule has 144 valence electrons. The van der Waals surface area contributed by atoms with Gasteiger partial charge < -0.3 is 19.7 Å². The van der Waals surface area contributed by atoms with Crippen LogP contribution in [-0.2, 0) is 0 Å². The molecule has 5 rings (SSSR count). The minimum absolute atomic E-state index is 0.153. The summed E-state index contributed by atoms with van der Waals surface area (Å²) in [6.45, 7) is 0. The van der Waals surface area contributed by atoms with E-state index in [4.69, 9.17) is 4.74 Å². The summed E-state index contributed by atoms with van der Waals surface area (Å²) in [5, 5.41) is 22.6. The molecule has 0 aliphatic carbocycles. The number of piperidine rings is 2. The third-order valence-corrected chi connectivity index (χ3v) is 5.66. The van der Waals surface area contributed by atoms with Gasteiger partial charge in [-0.05, 0) is 43.9 Å². The second-order valence-corrected chi connectivity index (χ2v) is 7.63. The summed E-state index contributed by atoms with van der Waals surface area (Å²) in [5.41, 5.74) is 2.09. The van der Waals surface area contributed by atoms with Gasteiger partial charge in [-0.15, -0.1) is 10.2 Å². The van der Waals surface area contributed by atoms with Crippen molar-refractivity contribution in [2.24, 2.45) is 0 Å². The summed E-state index contributed by atoms with van der Waals surface area (Å²) in [6, 6.07) is 10.3. The Kier molecular flexibility index (Phi) is 4.44. The lowest BCUT2D eigenvalue weighted by Gasteiger charge is -2.39. The van der Waals surface area contributed by atoms with Crippen LogP contribution in [0.15, 0.2) is 49.1 Å². The van der Waals surface area contributed by atoms with E-state index in [1.54, 1.807) is 18.6 Å². The Labute approximate surface area is 163 Å². The molecule has 0 spiro atoms. The van der Waals surface area contributed by atoms with Crippen molar-refractivity contribution in [1.29, 1.82) is 0 Å². The molecule has 7 heteroatoms.